The van der Waals surface area contributed by atoms with E-state index in [4.69, 9.17) is 0 Å². The summed E-state index contributed by atoms with van der Waals surface area (Å²) >= 11 is 0. The van der Waals surface area contributed by atoms with E-state index < -0.39 is 0 Å². The minimum atomic E-state index is 0. The Morgan fingerprint density at radius 1 is 0.714 bits per heavy atom. The van der Waals surface area contributed by atoms with Gasteiger partial charge in [-0.25, -0.2) is 0 Å². The Bertz CT molecular complexity index is 224. The SMILES string of the molecule is CC1C(C)C(C)C(CPC2CCCCC2)C1C.[CH3-].[CH3-].[CH3-].[Zr+3]. The van der Waals surface area contributed by atoms with Crippen LogP contribution in [0.3, 0.4) is 0 Å². The quantitative estimate of drug-likeness (QED) is 0.380. The smallest absolute Gasteiger partial charge is 0.358 e. The monoisotopic (exact) mass is 389 g/mol. The predicted octanol–water partition coefficient (Wildman–Crippen LogP) is 6.52. The van der Waals surface area contributed by atoms with E-state index in [9.17, 15) is 0 Å². The second-order valence-corrected chi connectivity index (χ2v) is 8.48. The fourth-order valence-corrected chi connectivity index (χ4v) is 6.36. The molecule has 0 amide bonds. The van der Waals surface area contributed by atoms with Crippen molar-refractivity contribution in [2.24, 2.45) is 29.6 Å². The summed E-state index contributed by atoms with van der Waals surface area (Å²) in [6.07, 6.45) is 9.16. The summed E-state index contributed by atoms with van der Waals surface area (Å²) in [6.45, 7) is 9.99. The molecule has 0 heterocycles. The standard InChI is InChI=1S/C16H31P.3CH3.Zr/c1-11-12(2)14(4)16(13(11)3)10-17-15-8-6-5-7-9-15;;;;/h11-17H,5-10H2,1-4H3;3*1H3;/q;3*-1;+3. The molecule has 5 unspecified atom stereocenters. The van der Waals surface area contributed by atoms with Gasteiger partial charge < -0.3 is 22.3 Å². The first-order valence-electron chi connectivity index (χ1n) is 7.84. The van der Waals surface area contributed by atoms with E-state index in [1.165, 1.54) is 27.8 Å². The van der Waals surface area contributed by atoms with Crippen molar-refractivity contribution in [3.63, 3.8) is 0 Å². The minimum absolute atomic E-state index is 0. The molecule has 2 aliphatic rings. The maximum absolute atomic E-state index is 2.51. The average Bonchev–Trinajstić information content (AvgIpc) is 2.54. The average molecular weight is 391 g/mol. The summed E-state index contributed by atoms with van der Waals surface area (Å²) in [6, 6.07) is 0. The van der Waals surface area contributed by atoms with Crippen LogP contribution in [0.2, 0.25) is 0 Å². The molecule has 125 valence electrons. The maximum atomic E-state index is 2.51. The number of hydrogen-bond acceptors (Lipinski definition) is 0. The van der Waals surface area contributed by atoms with Gasteiger partial charge in [0.1, 0.15) is 0 Å². The Balaban J connectivity index is -0.000000810. The summed E-state index contributed by atoms with van der Waals surface area (Å²) < 4.78 is 0. The molecule has 2 heteroatoms. The van der Waals surface area contributed by atoms with Crippen LogP contribution in [0.1, 0.15) is 59.8 Å². The number of hydrogen-bond donors (Lipinski definition) is 0. The molecular weight excluding hydrogens is 350 g/mol. The Morgan fingerprint density at radius 2 is 1.14 bits per heavy atom. The van der Waals surface area contributed by atoms with Gasteiger partial charge in [-0.15, -0.1) is 8.58 Å². The Labute approximate surface area is 157 Å². The Hall–Kier alpha value is 1.31. The van der Waals surface area contributed by atoms with Gasteiger partial charge in [0.25, 0.3) is 0 Å². The fraction of sp³-hybridized carbons (Fsp3) is 0.842. The van der Waals surface area contributed by atoms with Crippen molar-refractivity contribution in [2.75, 3.05) is 6.16 Å². The van der Waals surface area contributed by atoms with Crippen LogP contribution in [0.15, 0.2) is 0 Å². The van der Waals surface area contributed by atoms with Gasteiger partial charge in [-0.05, 0) is 54.3 Å². The topological polar surface area (TPSA) is 0 Å². The molecule has 0 bridgehead atoms. The normalized spacial score (nSPS) is 36.3. The summed E-state index contributed by atoms with van der Waals surface area (Å²) in [4.78, 5) is 0. The molecule has 0 N–H and O–H groups in total. The summed E-state index contributed by atoms with van der Waals surface area (Å²) in [5.41, 5.74) is 1.11. The summed E-state index contributed by atoms with van der Waals surface area (Å²) in [5.74, 6) is 4.87. The minimum Gasteiger partial charge on any atom is -0.358 e. The van der Waals surface area contributed by atoms with Crippen molar-refractivity contribution >= 4 is 8.58 Å². The first kappa shape index (κ1) is 27.2. The van der Waals surface area contributed by atoms with E-state index in [0.717, 1.165) is 35.2 Å². The van der Waals surface area contributed by atoms with Gasteiger partial charge in [-0.3, -0.25) is 0 Å². The second kappa shape index (κ2) is 12.7. The van der Waals surface area contributed by atoms with Crippen molar-refractivity contribution in [1.82, 2.24) is 0 Å². The van der Waals surface area contributed by atoms with Gasteiger partial charge in [-0.2, -0.15) is 0 Å². The maximum Gasteiger partial charge on any atom is 3.00 e. The number of rotatable bonds is 3. The van der Waals surface area contributed by atoms with Gasteiger partial charge in [0.2, 0.25) is 0 Å². The molecule has 2 aliphatic carbocycles. The largest absolute Gasteiger partial charge is 3.00 e. The van der Waals surface area contributed by atoms with Crippen LogP contribution in [-0.4, -0.2) is 11.8 Å². The van der Waals surface area contributed by atoms with Crippen LogP contribution >= 0.6 is 8.58 Å². The van der Waals surface area contributed by atoms with E-state index in [1.54, 1.807) is 19.0 Å². The molecular formula is C19H40PZr. The van der Waals surface area contributed by atoms with Crippen molar-refractivity contribution in [2.45, 2.75) is 65.5 Å². The van der Waals surface area contributed by atoms with E-state index in [0.29, 0.717) is 0 Å². The van der Waals surface area contributed by atoms with E-state index >= 15 is 0 Å². The van der Waals surface area contributed by atoms with Crippen LogP contribution in [0, 0.1) is 51.9 Å². The zero-order valence-electron chi connectivity index (χ0n) is 15.7. The first-order chi connectivity index (χ1) is 8.11. The predicted molar refractivity (Wildman–Crippen MR) is 99.4 cm³/mol. The van der Waals surface area contributed by atoms with E-state index in [1.807, 2.05) is 0 Å². The van der Waals surface area contributed by atoms with Crippen LogP contribution in [0.4, 0.5) is 0 Å². The molecule has 0 spiro atoms. The third-order valence-corrected chi connectivity index (χ3v) is 7.95. The van der Waals surface area contributed by atoms with Crippen molar-refractivity contribution < 1.29 is 26.2 Å². The van der Waals surface area contributed by atoms with Crippen LogP contribution in [0.25, 0.3) is 0 Å². The summed E-state index contributed by atoms with van der Waals surface area (Å²) in [5, 5.41) is 0. The van der Waals surface area contributed by atoms with Crippen LogP contribution < -0.4 is 0 Å². The third kappa shape index (κ3) is 6.75. The third-order valence-electron chi connectivity index (χ3n) is 6.09. The zero-order valence-corrected chi connectivity index (χ0v) is 19.2. The molecule has 1 radical (unpaired) electrons. The van der Waals surface area contributed by atoms with Crippen molar-refractivity contribution in [1.29, 1.82) is 0 Å². The van der Waals surface area contributed by atoms with E-state index in [-0.39, 0.29) is 48.5 Å². The summed E-state index contributed by atoms with van der Waals surface area (Å²) in [7, 11) is 1.27. The van der Waals surface area contributed by atoms with Gasteiger partial charge in [0.05, 0.1) is 0 Å². The molecule has 0 nitrogen and oxygen atoms in total. The van der Waals surface area contributed by atoms with Gasteiger partial charge >= 0.3 is 26.2 Å². The Morgan fingerprint density at radius 3 is 1.57 bits per heavy atom. The fourth-order valence-electron chi connectivity index (χ4n) is 4.20. The molecule has 0 aromatic rings. The molecule has 0 aliphatic heterocycles. The van der Waals surface area contributed by atoms with Gasteiger partial charge in [-0.1, -0.05) is 47.0 Å². The van der Waals surface area contributed by atoms with E-state index in [2.05, 4.69) is 27.7 Å². The molecule has 0 aromatic heterocycles. The molecule has 5 atom stereocenters. The Kier molecular flexibility index (Phi) is 16.4. The molecule has 21 heavy (non-hydrogen) atoms. The molecule has 2 saturated carbocycles. The molecule has 0 saturated heterocycles. The van der Waals surface area contributed by atoms with Crippen LogP contribution in [0.5, 0.6) is 0 Å². The van der Waals surface area contributed by atoms with Crippen molar-refractivity contribution in [3.05, 3.63) is 22.3 Å². The second-order valence-electron chi connectivity index (χ2n) is 6.84. The van der Waals surface area contributed by atoms with Gasteiger partial charge in [0, 0.05) is 0 Å². The molecule has 0 aromatic carbocycles. The van der Waals surface area contributed by atoms with Crippen molar-refractivity contribution in [3.8, 4) is 0 Å². The zero-order chi connectivity index (χ0) is 12.4. The van der Waals surface area contributed by atoms with Gasteiger partial charge in [0.15, 0.2) is 0 Å². The molecule has 2 fully saturated rings. The van der Waals surface area contributed by atoms with Crippen LogP contribution in [-0.2, 0) is 26.2 Å². The first-order valence-corrected chi connectivity index (χ1v) is 9.13. The molecule has 2 rings (SSSR count).